The highest BCUT2D eigenvalue weighted by Gasteiger charge is 2.26. The first-order valence-electron chi connectivity index (χ1n) is 6.80. The number of hydrogen-bond donors (Lipinski definition) is 2. The maximum atomic E-state index is 11.8. The largest absolute Gasteiger partial charge is 0.327 e. The van der Waals surface area contributed by atoms with Gasteiger partial charge in [0.1, 0.15) is 0 Å². The Hall–Kier alpha value is -0.130. The Kier molecular flexibility index (Phi) is 4.44. The van der Waals surface area contributed by atoms with Gasteiger partial charge < -0.3 is 5.73 Å². The summed E-state index contributed by atoms with van der Waals surface area (Å²) in [6.07, 6.45) is 7.75. The van der Waals surface area contributed by atoms with Crippen LogP contribution in [0, 0.1) is 11.8 Å². The predicted octanol–water partition coefficient (Wildman–Crippen LogP) is 1.22. The summed E-state index contributed by atoms with van der Waals surface area (Å²) in [5.74, 6) is 1.29. The van der Waals surface area contributed by atoms with Crippen molar-refractivity contribution in [3.8, 4) is 0 Å². The molecule has 4 nitrogen and oxygen atoms in total. The first kappa shape index (κ1) is 13.3. The van der Waals surface area contributed by atoms with Crippen molar-refractivity contribution in [3.63, 3.8) is 0 Å². The van der Waals surface area contributed by atoms with Crippen LogP contribution in [0.3, 0.4) is 0 Å². The van der Waals surface area contributed by atoms with Crippen LogP contribution in [0.5, 0.6) is 0 Å². The summed E-state index contributed by atoms with van der Waals surface area (Å²) in [6, 6.07) is 0.185. The lowest BCUT2D eigenvalue weighted by Gasteiger charge is -2.25. The highest BCUT2D eigenvalue weighted by Crippen LogP contribution is 2.29. The predicted molar refractivity (Wildman–Crippen MR) is 69.1 cm³/mol. The molecular weight excluding hydrogens is 236 g/mol. The molecule has 0 aromatic carbocycles. The van der Waals surface area contributed by atoms with E-state index in [0.717, 1.165) is 25.7 Å². The molecule has 2 atom stereocenters. The fraction of sp³-hybridized carbons (Fsp3) is 1.00. The Balaban J connectivity index is 1.68. The summed E-state index contributed by atoms with van der Waals surface area (Å²) in [4.78, 5) is 0. The van der Waals surface area contributed by atoms with E-state index in [4.69, 9.17) is 5.73 Å². The van der Waals surface area contributed by atoms with Crippen molar-refractivity contribution >= 4 is 10.0 Å². The van der Waals surface area contributed by atoms with Gasteiger partial charge in [-0.2, -0.15) is 0 Å². The van der Waals surface area contributed by atoms with E-state index in [1.807, 2.05) is 0 Å². The van der Waals surface area contributed by atoms with Gasteiger partial charge in [-0.05, 0) is 31.1 Å². The molecule has 2 aliphatic rings. The molecule has 2 unspecified atom stereocenters. The number of nitrogens with two attached hydrogens (primary N) is 1. The second kappa shape index (κ2) is 5.67. The first-order valence-corrected chi connectivity index (χ1v) is 8.45. The first-order chi connectivity index (χ1) is 8.07. The fourth-order valence-electron chi connectivity index (χ4n) is 2.73. The summed E-state index contributed by atoms with van der Waals surface area (Å²) in [6.45, 7) is 0.536. The van der Waals surface area contributed by atoms with Crippen molar-refractivity contribution in [2.24, 2.45) is 17.6 Å². The van der Waals surface area contributed by atoms with Crippen LogP contribution < -0.4 is 10.5 Å². The molecule has 0 aromatic rings. The third-order valence-electron chi connectivity index (χ3n) is 4.30. The average Bonchev–Trinajstić information content (AvgIpc) is 2.59. The average molecular weight is 260 g/mol. The van der Waals surface area contributed by atoms with E-state index in [0.29, 0.717) is 24.1 Å². The molecule has 2 aliphatic carbocycles. The van der Waals surface area contributed by atoms with Crippen LogP contribution in [0.2, 0.25) is 0 Å². The summed E-state index contributed by atoms with van der Waals surface area (Å²) in [7, 11) is -3.07. The van der Waals surface area contributed by atoms with E-state index < -0.39 is 10.0 Å². The zero-order chi connectivity index (χ0) is 12.3. The second-order valence-electron chi connectivity index (χ2n) is 5.61. The Morgan fingerprint density at radius 2 is 1.82 bits per heavy atom. The van der Waals surface area contributed by atoms with Crippen LogP contribution in [0.1, 0.15) is 44.9 Å². The number of rotatable bonds is 6. The zero-order valence-corrected chi connectivity index (χ0v) is 11.2. The Bertz CT molecular complexity index is 338. The molecule has 17 heavy (non-hydrogen) atoms. The Morgan fingerprint density at radius 1 is 1.12 bits per heavy atom. The van der Waals surface area contributed by atoms with Crippen molar-refractivity contribution in [1.82, 2.24) is 4.72 Å². The van der Waals surface area contributed by atoms with Gasteiger partial charge in [-0.3, -0.25) is 0 Å². The molecule has 0 spiro atoms. The topological polar surface area (TPSA) is 72.2 Å². The third kappa shape index (κ3) is 3.93. The van der Waals surface area contributed by atoms with Gasteiger partial charge in [0, 0.05) is 12.6 Å². The standard InChI is InChI=1S/C12H24N2O2S/c13-12-6-2-5-11(12)9-14-17(15,16)8-7-10-3-1-4-10/h10-12,14H,1-9,13H2. The highest BCUT2D eigenvalue weighted by molar-refractivity contribution is 7.89. The van der Waals surface area contributed by atoms with Gasteiger partial charge in [0.25, 0.3) is 0 Å². The molecule has 2 rings (SSSR count). The molecule has 5 heteroatoms. The molecular formula is C12H24N2O2S. The van der Waals surface area contributed by atoms with Crippen LogP contribution in [0.4, 0.5) is 0 Å². The number of sulfonamides is 1. The minimum atomic E-state index is -3.07. The van der Waals surface area contributed by atoms with Gasteiger partial charge in [0.05, 0.1) is 5.75 Å². The van der Waals surface area contributed by atoms with Crippen molar-refractivity contribution in [2.75, 3.05) is 12.3 Å². The molecule has 0 aromatic heterocycles. The Morgan fingerprint density at radius 3 is 2.35 bits per heavy atom. The van der Waals surface area contributed by atoms with Crippen LogP contribution in [0.25, 0.3) is 0 Å². The number of nitrogens with one attached hydrogen (secondary N) is 1. The van der Waals surface area contributed by atoms with Crippen molar-refractivity contribution in [3.05, 3.63) is 0 Å². The van der Waals surface area contributed by atoms with Crippen molar-refractivity contribution in [1.29, 1.82) is 0 Å². The summed E-state index contributed by atoms with van der Waals surface area (Å²) < 4.78 is 26.3. The van der Waals surface area contributed by atoms with E-state index in [9.17, 15) is 8.42 Å². The molecule has 2 saturated carbocycles. The van der Waals surface area contributed by atoms with Crippen LogP contribution >= 0.6 is 0 Å². The van der Waals surface area contributed by atoms with E-state index in [1.165, 1.54) is 19.3 Å². The van der Waals surface area contributed by atoms with Gasteiger partial charge >= 0.3 is 0 Å². The van der Waals surface area contributed by atoms with E-state index in [-0.39, 0.29) is 6.04 Å². The molecule has 2 fully saturated rings. The molecule has 0 radical (unpaired) electrons. The van der Waals surface area contributed by atoms with Gasteiger partial charge in [-0.15, -0.1) is 0 Å². The molecule has 0 aliphatic heterocycles. The van der Waals surface area contributed by atoms with Crippen molar-refractivity contribution in [2.45, 2.75) is 51.0 Å². The highest BCUT2D eigenvalue weighted by atomic mass is 32.2. The lowest BCUT2D eigenvalue weighted by molar-refractivity contribution is 0.307. The summed E-state index contributed by atoms with van der Waals surface area (Å²) in [5.41, 5.74) is 5.93. The van der Waals surface area contributed by atoms with Gasteiger partial charge in [-0.1, -0.05) is 25.7 Å². The maximum absolute atomic E-state index is 11.8. The quantitative estimate of drug-likeness (QED) is 0.754. The van der Waals surface area contributed by atoms with Gasteiger partial charge in [0.15, 0.2) is 0 Å². The van der Waals surface area contributed by atoms with E-state index >= 15 is 0 Å². The molecule has 0 amide bonds. The van der Waals surface area contributed by atoms with Crippen LogP contribution in [0.15, 0.2) is 0 Å². The molecule has 0 saturated heterocycles. The summed E-state index contributed by atoms with van der Waals surface area (Å²) in [5, 5.41) is 0. The summed E-state index contributed by atoms with van der Waals surface area (Å²) >= 11 is 0. The van der Waals surface area contributed by atoms with Gasteiger partial charge in [0.2, 0.25) is 10.0 Å². The second-order valence-corrected chi connectivity index (χ2v) is 7.53. The maximum Gasteiger partial charge on any atom is 0.211 e. The SMILES string of the molecule is NC1CCCC1CNS(=O)(=O)CCC1CCC1. The molecule has 0 bridgehead atoms. The minimum absolute atomic E-state index is 0.185. The van der Waals surface area contributed by atoms with Gasteiger partial charge in [-0.25, -0.2) is 13.1 Å². The van der Waals surface area contributed by atoms with Crippen LogP contribution in [-0.2, 0) is 10.0 Å². The van der Waals surface area contributed by atoms with E-state index in [1.54, 1.807) is 0 Å². The minimum Gasteiger partial charge on any atom is -0.327 e. The smallest absolute Gasteiger partial charge is 0.211 e. The third-order valence-corrected chi connectivity index (χ3v) is 5.68. The lowest BCUT2D eigenvalue weighted by Crippen LogP contribution is -2.37. The number of hydrogen-bond acceptors (Lipinski definition) is 3. The molecule has 3 N–H and O–H groups in total. The fourth-order valence-corrected chi connectivity index (χ4v) is 3.98. The van der Waals surface area contributed by atoms with Crippen LogP contribution in [-0.4, -0.2) is 26.8 Å². The van der Waals surface area contributed by atoms with Crippen molar-refractivity contribution < 1.29 is 8.42 Å². The Labute approximate surface area is 104 Å². The monoisotopic (exact) mass is 260 g/mol. The molecule has 0 heterocycles. The lowest BCUT2D eigenvalue weighted by atomic mass is 9.84. The zero-order valence-electron chi connectivity index (χ0n) is 10.4. The molecule has 100 valence electrons. The van der Waals surface area contributed by atoms with E-state index in [2.05, 4.69) is 4.72 Å². The normalized spacial score (nSPS) is 30.4.